The Labute approximate surface area is 133 Å². The summed E-state index contributed by atoms with van der Waals surface area (Å²) in [6, 6.07) is 17.2. The Bertz CT molecular complexity index is 742. The van der Waals surface area contributed by atoms with Crippen LogP contribution in [0.5, 0.6) is 0 Å². The zero-order valence-corrected chi connectivity index (χ0v) is 13.7. The Morgan fingerprint density at radius 2 is 1.81 bits per heavy atom. The van der Waals surface area contributed by atoms with Crippen molar-refractivity contribution >= 4 is 26.8 Å². The summed E-state index contributed by atoms with van der Waals surface area (Å²) in [7, 11) is 0. The second-order valence-corrected chi connectivity index (χ2v) is 6.52. The fourth-order valence-electron chi connectivity index (χ4n) is 2.75. The first-order valence-electron chi connectivity index (χ1n) is 7.20. The summed E-state index contributed by atoms with van der Waals surface area (Å²) in [4.78, 5) is 0. The largest absolute Gasteiger partial charge is 0.343 e. The highest BCUT2D eigenvalue weighted by Gasteiger charge is 2.09. The molecule has 3 heteroatoms. The molecule has 1 atom stereocenters. The fourth-order valence-corrected chi connectivity index (χ4v) is 3.01. The number of hydrogen-bond acceptors (Lipinski definition) is 1. The summed E-state index contributed by atoms with van der Waals surface area (Å²) in [5.41, 5.74) is 9.88. The zero-order valence-electron chi connectivity index (χ0n) is 12.1. The van der Waals surface area contributed by atoms with Crippen LogP contribution in [0.3, 0.4) is 0 Å². The molecule has 2 N–H and O–H groups in total. The van der Waals surface area contributed by atoms with Gasteiger partial charge in [-0.05, 0) is 42.7 Å². The van der Waals surface area contributed by atoms with Gasteiger partial charge < -0.3 is 10.3 Å². The van der Waals surface area contributed by atoms with E-state index in [4.69, 9.17) is 5.73 Å². The number of fused-ring (bicyclic) bond motifs is 1. The molecule has 108 valence electrons. The highest BCUT2D eigenvalue weighted by molar-refractivity contribution is 9.10. The summed E-state index contributed by atoms with van der Waals surface area (Å²) in [6.45, 7) is 2.94. The van der Waals surface area contributed by atoms with E-state index in [1.165, 1.54) is 22.0 Å². The van der Waals surface area contributed by atoms with Crippen LogP contribution in [-0.4, -0.2) is 10.6 Å². The van der Waals surface area contributed by atoms with Gasteiger partial charge in [0.2, 0.25) is 0 Å². The predicted octanol–water partition coefficient (Wildman–Crippen LogP) is 4.34. The van der Waals surface area contributed by atoms with Gasteiger partial charge in [-0.15, -0.1) is 0 Å². The predicted molar refractivity (Wildman–Crippen MR) is 92.5 cm³/mol. The van der Waals surface area contributed by atoms with Gasteiger partial charge in [-0.25, -0.2) is 0 Å². The molecule has 1 unspecified atom stereocenters. The summed E-state index contributed by atoms with van der Waals surface area (Å²) in [5, 5.41) is 1.31. The summed E-state index contributed by atoms with van der Waals surface area (Å²) in [5.74, 6) is 0. The van der Waals surface area contributed by atoms with E-state index in [0.717, 1.165) is 17.4 Å². The highest BCUT2D eigenvalue weighted by atomic mass is 79.9. The van der Waals surface area contributed by atoms with E-state index in [-0.39, 0.29) is 6.04 Å². The van der Waals surface area contributed by atoms with Crippen LogP contribution in [0, 0.1) is 0 Å². The molecular weight excluding hydrogens is 324 g/mol. The number of nitrogens with zero attached hydrogens (tertiary/aromatic N) is 1. The fraction of sp³-hybridized carbons (Fsp3) is 0.222. The van der Waals surface area contributed by atoms with Crippen LogP contribution >= 0.6 is 15.9 Å². The van der Waals surface area contributed by atoms with E-state index in [1.54, 1.807) is 0 Å². The molecular formula is C18H19BrN2. The van der Waals surface area contributed by atoms with E-state index in [9.17, 15) is 0 Å². The van der Waals surface area contributed by atoms with Crippen LogP contribution in [0.1, 0.15) is 18.1 Å². The van der Waals surface area contributed by atoms with Crippen molar-refractivity contribution in [3.8, 4) is 0 Å². The number of nitrogens with two attached hydrogens (primary N) is 1. The Kier molecular flexibility index (Phi) is 4.13. The van der Waals surface area contributed by atoms with Crippen molar-refractivity contribution in [1.82, 2.24) is 4.57 Å². The van der Waals surface area contributed by atoms with Crippen LogP contribution < -0.4 is 5.73 Å². The van der Waals surface area contributed by atoms with Crippen molar-refractivity contribution in [3.05, 3.63) is 70.3 Å². The van der Waals surface area contributed by atoms with Crippen molar-refractivity contribution in [2.45, 2.75) is 25.9 Å². The molecule has 0 spiro atoms. The van der Waals surface area contributed by atoms with E-state index in [0.29, 0.717) is 0 Å². The maximum absolute atomic E-state index is 5.98. The van der Waals surface area contributed by atoms with Crippen LogP contribution in [0.4, 0.5) is 0 Å². The van der Waals surface area contributed by atoms with Crippen molar-refractivity contribution < 1.29 is 0 Å². The summed E-state index contributed by atoms with van der Waals surface area (Å²) < 4.78 is 3.43. The van der Waals surface area contributed by atoms with Gasteiger partial charge in [-0.1, -0.05) is 46.3 Å². The van der Waals surface area contributed by atoms with Gasteiger partial charge >= 0.3 is 0 Å². The number of benzene rings is 2. The number of halogens is 1. The topological polar surface area (TPSA) is 30.9 Å². The third kappa shape index (κ3) is 3.20. The molecule has 0 aliphatic rings. The minimum atomic E-state index is 0.178. The lowest BCUT2D eigenvalue weighted by molar-refractivity contribution is 0.735. The van der Waals surface area contributed by atoms with Gasteiger partial charge in [0.05, 0.1) is 0 Å². The molecule has 1 aromatic heterocycles. The zero-order chi connectivity index (χ0) is 14.8. The molecule has 0 aliphatic heterocycles. The van der Waals surface area contributed by atoms with Gasteiger partial charge in [0.15, 0.2) is 0 Å². The maximum Gasteiger partial charge on any atom is 0.0486 e. The standard InChI is InChI=1S/C18H19BrN2/c1-13(20)10-15-12-21(18-5-3-2-4-17(15)18)11-14-6-8-16(19)9-7-14/h2-9,12-13H,10-11,20H2,1H3. The Hall–Kier alpha value is -1.58. The third-order valence-electron chi connectivity index (χ3n) is 3.68. The number of para-hydroxylation sites is 1. The lowest BCUT2D eigenvalue weighted by Crippen LogP contribution is -2.17. The normalized spacial score (nSPS) is 12.7. The number of hydrogen-bond donors (Lipinski definition) is 1. The third-order valence-corrected chi connectivity index (χ3v) is 4.21. The molecule has 0 saturated carbocycles. The van der Waals surface area contributed by atoms with Crippen molar-refractivity contribution in [2.24, 2.45) is 5.73 Å². The maximum atomic E-state index is 5.98. The lowest BCUT2D eigenvalue weighted by atomic mass is 10.1. The molecule has 0 amide bonds. The van der Waals surface area contributed by atoms with Gasteiger partial charge in [0.25, 0.3) is 0 Å². The van der Waals surface area contributed by atoms with E-state index >= 15 is 0 Å². The second-order valence-electron chi connectivity index (χ2n) is 5.61. The molecule has 2 nitrogen and oxygen atoms in total. The number of aromatic nitrogens is 1. The van der Waals surface area contributed by atoms with Gasteiger partial charge in [-0.3, -0.25) is 0 Å². The number of rotatable bonds is 4. The first-order chi connectivity index (χ1) is 10.1. The molecule has 0 fully saturated rings. The molecule has 3 aromatic rings. The Morgan fingerprint density at radius 1 is 1.10 bits per heavy atom. The quantitative estimate of drug-likeness (QED) is 0.751. The molecule has 0 radical (unpaired) electrons. The van der Waals surface area contributed by atoms with Crippen LogP contribution in [-0.2, 0) is 13.0 Å². The molecule has 1 heterocycles. The minimum Gasteiger partial charge on any atom is -0.343 e. The molecule has 2 aromatic carbocycles. The molecule has 3 rings (SSSR count). The highest BCUT2D eigenvalue weighted by Crippen LogP contribution is 2.23. The van der Waals surface area contributed by atoms with Gasteiger partial charge in [0, 0.05) is 34.2 Å². The average Bonchev–Trinajstić information content (AvgIpc) is 2.79. The van der Waals surface area contributed by atoms with Gasteiger partial charge in [-0.2, -0.15) is 0 Å². The van der Waals surface area contributed by atoms with E-state index in [2.05, 4.69) is 82.1 Å². The summed E-state index contributed by atoms with van der Waals surface area (Å²) >= 11 is 3.48. The lowest BCUT2D eigenvalue weighted by Gasteiger charge is -2.05. The van der Waals surface area contributed by atoms with Crippen LogP contribution in [0.15, 0.2) is 59.2 Å². The molecule has 0 aliphatic carbocycles. The second kappa shape index (κ2) is 6.04. The van der Waals surface area contributed by atoms with Crippen molar-refractivity contribution in [2.75, 3.05) is 0 Å². The van der Waals surface area contributed by atoms with Crippen molar-refractivity contribution in [3.63, 3.8) is 0 Å². The van der Waals surface area contributed by atoms with Gasteiger partial charge in [0.1, 0.15) is 0 Å². The SMILES string of the molecule is CC(N)Cc1cn(Cc2ccc(Br)cc2)c2ccccc12. The van der Waals surface area contributed by atoms with Crippen molar-refractivity contribution in [1.29, 1.82) is 0 Å². The average molecular weight is 343 g/mol. The Balaban J connectivity index is 2.00. The summed E-state index contributed by atoms with van der Waals surface area (Å²) in [6.07, 6.45) is 3.16. The first kappa shape index (κ1) is 14.4. The van der Waals surface area contributed by atoms with E-state index in [1.807, 2.05) is 0 Å². The molecule has 0 bridgehead atoms. The van der Waals surface area contributed by atoms with Crippen LogP contribution in [0.2, 0.25) is 0 Å². The Morgan fingerprint density at radius 3 is 2.52 bits per heavy atom. The van der Waals surface area contributed by atoms with Crippen LogP contribution in [0.25, 0.3) is 10.9 Å². The monoisotopic (exact) mass is 342 g/mol. The smallest absolute Gasteiger partial charge is 0.0486 e. The van der Waals surface area contributed by atoms with E-state index < -0.39 is 0 Å². The first-order valence-corrected chi connectivity index (χ1v) is 7.99. The molecule has 21 heavy (non-hydrogen) atoms. The molecule has 0 saturated heterocycles. The minimum absolute atomic E-state index is 0.178.